The number of hydrogen-bond donors (Lipinski definition) is 1. The Balaban J connectivity index is 1.76. The number of nitrogens with zero attached hydrogens (tertiary/aromatic N) is 2. The topological polar surface area (TPSA) is 44.8 Å². The Morgan fingerprint density at radius 2 is 1.81 bits per heavy atom. The predicted molar refractivity (Wildman–Crippen MR) is 111 cm³/mol. The summed E-state index contributed by atoms with van der Waals surface area (Å²) in [5.74, 6) is -2.50. The highest BCUT2D eigenvalue weighted by molar-refractivity contribution is 5.95. The molecular weight excluding hydrogens is 433 g/mol. The molecule has 174 valence electrons. The van der Waals surface area contributed by atoms with E-state index >= 15 is 0 Å². The maximum atomic E-state index is 13.5. The van der Waals surface area contributed by atoms with E-state index in [1.807, 2.05) is 4.90 Å². The van der Waals surface area contributed by atoms with Gasteiger partial charge in [0.15, 0.2) is 11.6 Å². The number of nitrogens with one attached hydrogen (secondary N) is 1. The Kier molecular flexibility index (Phi) is 7.35. The number of morpholine rings is 1. The summed E-state index contributed by atoms with van der Waals surface area (Å²) in [7, 11) is 1.61. The van der Waals surface area contributed by atoms with Crippen LogP contribution in [0.15, 0.2) is 36.4 Å². The molecule has 1 saturated heterocycles. The van der Waals surface area contributed by atoms with Gasteiger partial charge in [-0.05, 0) is 49.9 Å². The first-order valence-electron chi connectivity index (χ1n) is 10.0. The van der Waals surface area contributed by atoms with Gasteiger partial charge in [-0.2, -0.15) is 13.2 Å². The Hall–Kier alpha value is -2.72. The first kappa shape index (κ1) is 23.9. The standard InChI is InChI=1S/C22H24F5N3O2/c1-14(15-3-5-17(23)18(24)11-15)29(2)13-21(31)28-19-12-16(22(25,26)27)4-6-20(19)30-7-9-32-10-8-30/h3-6,11-12,14H,7-10,13H2,1-2H3,(H,28,31)/t14-/m1/s1. The molecule has 2 aromatic rings. The molecular formula is C22H24F5N3O2. The normalized spacial score (nSPS) is 15.7. The van der Waals surface area contributed by atoms with E-state index < -0.39 is 35.3 Å². The number of benzene rings is 2. The number of amides is 1. The van der Waals surface area contributed by atoms with Crippen molar-refractivity contribution in [2.75, 3.05) is 50.1 Å². The van der Waals surface area contributed by atoms with E-state index in [4.69, 9.17) is 4.74 Å². The molecule has 1 atom stereocenters. The molecule has 1 N–H and O–H groups in total. The fraction of sp³-hybridized carbons (Fsp3) is 0.409. The number of likely N-dealkylation sites (N-methyl/N-ethyl adjacent to an activating group) is 1. The van der Waals surface area contributed by atoms with Crippen molar-refractivity contribution in [1.29, 1.82) is 0 Å². The largest absolute Gasteiger partial charge is 0.416 e. The van der Waals surface area contributed by atoms with E-state index in [1.165, 1.54) is 12.1 Å². The number of ether oxygens (including phenoxy) is 1. The minimum absolute atomic E-state index is 0.0561. The number of anilines is 2. The van der Waals surface area contributed by atoms with E-state index in [1.54, 1.807) is 18.9 Å². The minimum Gasteiger partial charge on any atom is -0.378 e. The van der Waals surface area contributed by atoms with Crippen LogP contribution in [-0.4, -0.2) is 50.7 Å². The zero-order valence-corrected chi connectivity index (χ0v) is 17.7. The van der Waals surface area contributed by atoms with Gasteiger partial charge in [0, 0.05) is 19.1 Å². The van der Waals surface area contributed by atoms with Gasteiger partial charge in [0.25, 0.3) is 0 Å². The molecule has 1 aliphatic heterocycles. The van der Waals surface area contributed by atoms with Crippen LogP contribution >= 0.6 is 0 Å². The lowest BCUT2D eigenvalue weighted by molar-refractivity contribution is -0.137. The zero-order valence-electron chi connectivity index (χ0n) is 17.7. The molecule has 5 nitrogen and oxygen atoms in total. The fourth-order valence-electron chi connectivity index (χ4n) is 3.47. The first-order valence-corrected chi connectivity index (χ1v) is 10.0. The summed E-state index contributed by atoms with van der Waals surface area (Å²) >= 11 is 0. The van der Waals surface area contributed by atoms with Gasteiger partial charge in [0.05, 0.1) is 36.7 Å². The van der Waals surface area contributed by atoms with Crippen molar-refractivity contribution in [3.8, 4) is 0 Å². The maximum Gasteiger partial charge on any atom is 0.416 e. The van der Waals surface area contributed by atoms with Gasteiger partial charge >= 0.3 is 6.18 Å². The van der Waals surface area contributed by atoms with Crippen LogP contribution in [0.1, 0.15) is 24.1 Å². The van der Waals surface area contributed by atoms with Crippen LogP contribution < -0.4 is 10.2 Å². The second-order valence-electron chi connectivity index (χ2n) is 7.64. The lowest BCUT2D eigenvalue weighted by Gasteiger charge is -2.31. The van der Waals surface area contributed by atoms with Crippen LogP contribution in [0.5, 0.6) is 0 Å². The molecule has 0 saturated carbocycles. The number of hydrogen-bond acceptors (Lipinski definition) is 4. The molecule has 0 unspecified atom stereocenters. The molecule has 32 heavy (non-hydrogen) atoms. The third-order valence-corrected chi connectivity index (χ3v) is 5.43. The molecule has 3 rings (SSSR count). The Labute approximate surface area is 182 Å². The van der Waals surface area contributed by atoms with Crippen molar-refractivity contribution >= 4 is 17.3 Å². The molecule has 0 radical (unpaired) electrons. The average Bonchev–Trinajstić information content (AvgIpc) is 2.75. The summed E-state index contributed by atoms with van der Waals surface area (Å²) in [6.07, 6.45) is -4.55. The molecule has 10 heteroatoms. The van der Waals surface area contributed by atoms with Gasteiger partial charge in [0.1, 0.15) is 0 Å². The number of halogens is 5. The highest BCUT2D eigenvalue weighted by atomic mass is 19.4. The van der Waals surface area contributed by atoms with Crippen molar-refractivity contribution in [2.45, 2.75) is 19.1 Å². The monoisotopic (exact) mass is 457 g/mol. The van der Waals surface area contributed by atoms with E-state index in [0.717, 1.165) is 24.3 Å². The summed E-state index contributed by atoms with van der Waals surface area (Å²) in [6.45, 7) is 3.39. The van der Waals surface area contributed by atoms with Gasteiger partial charge in [0.2, 0.25) is 5.91 Å². The van der Waals surface area contributed by atoms with Crippen LogP contribution in [0, 0.1) is 11.6 Å². The van der Waals surface area contributed by atoms with Crippen LogP contribution in [-0.2, 0) is 15.7 Å². The van der Waals surface area contributed by atoms with Gasteiger partial charge < -0.3 is 15.0 Å². The Bertz CT molecular complexity index is 961. The third-order valence-electron chi connectivity index (χ3n) is 5.43. The number of carbonyl (C=O) groups is 1. The first-order chi connectivity index (χ1) is 15.1. The number of rotatable bonds is 6. The molecule has 0 aliphatic carbocycles. The molecule has 1 heterocycles. The van der Waals surface area contributed by atoms with Gasteiger partial charge in [-0.25, -0.2) is 8.78 Å². The van der Waals surface area contributed by atoms with E-state index in [0.29, 0.717) is 37.6 Å². The maximum absolute atomic E-state index is 13.5. The van der Waals surface area contributed by atoms with E-state index in [9.17, 15) is 26.7 Å². The highest BCUT2D eigenvalue weighted by Crippen LogP contribution is 2.36. The second-order valence-corrected chi connectivity index (χ2v) is 7.64. The lowest BCUT2D eigenvalue weighted by Crippen LogP contribution is -2.37. The fourth-order valence-corrected chi connectivity index (χ4v) is 3.47. The second kappa shape index (κ2) is 9.83. The van der Waals surface area contributed by atoms with E-state index in [-0.39, 0.29) is 12.2 Å². The van der Waals surface area contributed by atoms with Crippen molar-refractivity contribution in [3.05, 3.63) is 59.2 Å². The molecule has 0 aromatic heterocycles. The molecule has 1 aliphatic rings. The quantitative estimate of drug-likeness (QED) is 0.651. The van der Waals surface area contributed by atoms with Crippen LogP contribution in [0.4, 0.5) is 33.3 Å². The number of carbonyl (C=O) groups excluding carboxylic acids is 1. The summed E-state index contributed by atoms with van der Waals surface area (Å²) in [5, 5.41) is 2.58. The van der Waals surface area contributed by atoms with Crippen molar-refractivity contribution in [1.82, 2.24) is 4.90 Å². The summed E-state index contributed by atoms with van der Waals surface area (Å²) in [4.78, 5) is 16.1. The predicted octanol–water partition coefficient (Wildman–Crippen LogP) is 4.45. The van der Waals surface area contributed by atoms with Crippen molar-refractivity contribution in [3.63, 3.8) is 0 Å². The molecule has 0 spiro atoms. The summed E-state index contributed by atoms with van der Waals surface area (Å²) < 4.78 is 71.7. The Morgan fingerprint density at radius 3 is 2.44 bits per heavy atom. The molecule has 2 aromatic carbocycles. The van der Waals surface area contributed by atoms with Crippen LogP contribution in [0.2, 0.25) is 0 Å². The highest BCUT2D eigenvalue weighted by Gasteiger charge is 2.32. The van der Waals surface area contributed by atoms with Gasteiger partial charge in [-0.15, -0.1) is 0 Å². The van der Waals surface area contributed by atoms with E-state index in [2.05, 4.69) is 5.32 Å². The van der Waals surface area contributed by atoms with Crippen molar-refractivity contribution in [2.24, 2.45) is 0 Å². The third kappa shape index (κ3) is 5.74. The molecule has 1 amide bonds. The average molecular weight is 457 g/mol. The lowest BCUT2D eigenvalue weighted by atomic mass is 10.1. The summed E-state index contributed by atoms with van der Waals surface area (Å²) in [5.41, 5.74) is 0.132. The SMILES string of the molecule is C[C@H](c1ccc(F)c(F)c1)N(C)CC(=O)Nc1cc(C(F)(F)F)ccc1N1CCOCC1. The van der Waals surface area contributed by atoms with Crippen molar-refractivity contribution < 1.29 is 31.5 Å². The molecule has 1 fully saturated rings. The minimum atomic E-state index is -4.55. The number of alkyl halides is 3. The van der Waals surface area contributed by atoms with Gasteiger partial charge in [-0.3, -0.25) is 9.69 Å². The smallest absolute Gasteiger partial charge is 0.378 e. The summed E-state index contributed by atoms with van der Waals surface area (Å²) in [6, 6.07) is 6.29. The Morgan fingerprint density at radius 1 is 1.12 bits per heavy atom. The van der Waals surface area contributed by atoms with Gasteiger partial charge in [-0.1, -0.05) is 6.07 Å². The zero-order chi connectivity index (χ0) is 23.5. The van der Waals surface area contributed by atoms with Crippen LogP contribution in [0.3, 0.4) is 0 Å². The van der Waals surface area contributed by atoms with Crippen LogP contribution in [0.25, 0.3) is 0 Å². The molecule has 0 bridgehead atoms.